The third kappa shape index (κ3) is 1.97. The lowest BCUT2D eigenvalue weighted by molar-refractivity contribution is -0.0793. The highest BCUT2D eigenvalue weighted by Crippen LogP contribution is 2.50. The quantitative estimate of drug-likeness (QED) is 0.744. The second-order valence-corrected chi connectivity index (χ2v) is 6.49. The summed E-state index contributed by atoms with van der Waals surface area (Å²) in [4.78, 5) is 13.4. The lowest BCUT2D eigenvalue weighted by Gasteiger charge is -2.43. The summed E-state index contributed by atoms with van der Waals surface area (Å²) in [7, 11) is 2.99. The van der Waals surface area contributed by atoms with Crippen molar-refractivity contribution in [3.05, 3.63) is 47.7 Å². The van der Waals surface area contributed by atoms with Gasteiger partial charge in [0.1, 0.15) is 23.7 Å². The molecular formula is C20H16O7. The zero-order valence-electron chi connectivity index (χ0n) is 14.6. The lowest BCUT2D eigenvalue weighted by atomic mass is 9.77. The van der Waals surface area contributed by atoms with Crippen LogP contribution in [-0.2, 0) is 5.60 Å². The number of rotatable bonds is 2. The summed E-state index contributed by atoms with van der Waals surface area (Å²) in [5, 5.41) is 12.2. The minimum atomic E-state index is -1.89. The molecule has 3 aromatic rings. The molecule has 2 atom stereocenters. The van der Waals surface area contributed by atoms with Crippen LogP contribution in [0.5, 0.6) is 23.0 Å². The second-order valence-electron chi connectivity index (χ2n) is 6.49. The Morgan fingerprint density at radius 3 is 2.70 bits per heavy atom. The van der Waals surface area contributed by atoms with Gasteiger partial charge in [0.05, 0.1) is 31.4 Å². The molecule has 138 valence electrons. The molecule has 0 saturated carbocycles. The van der Waals surface area contributed by atoms with Gasteiger partial charge in [0.15, 0.2) is 23.2 Å². The van der Waals surface area contributed by atoms with Crippen molar-refractivity contribution in [2.45, 2.75) is 11.7 Å². The van der Waals surface area contributed by atoms with Crippen LogP contribution in [0.4, 0.5) is 0 Å². The molecule has 5 rings (SSSR count). The van der Waals surface area contributed by atoms with Crippen LogP contribution in [0.1, 0.15) is 15.9 Å². The fourth-order valence-electron chi connectivity index (χ4n) is 3.80. The van der Waals surface area contributed by atoms with Crippen LogP contribution in [0.25, 0.3) is 11.0 Å². The third-order valence-electron chi connectivity index (χ3n) is 5.19. The van der Waals surface area contributed by atoms with Gasteiger partial charge in [-0.1, -0.05) is 0 Å². The Balaban J connectivity index is 1.73. The van der Waals surface area contributed by atoms with Crippen molar-refractivity contribution in [2.75, 3.05) is 20.8 Å². The third-order valence-corrected chi connectivity index (χ3v) is 5.19. The number of carbonyl (C=O) groups excluding carboxylic acids is 1. The molecule has 0 aliphatic carbocycles. The lowest BCUT2D eigenvalue weighted by Crippen LogP contribution is -2.57. The van der Waals surface area contributed by atoms with E-state index in [1.165, 1.54) is 20.5 Å². The summed E-state index contributed by atoms with van der Waals surface area (Å²) in [5.41, 5.74) is -0.697. The average Bonchev–Trinajstić information content (AvgIpc) is 3.17. The maximum absolute atomic E-state index is 13.4. The number of hydrogen-bond donors (Lipinski definition) is 1. The van der Waals surface area contributed by atoms with Crippen molar-refractivity contribution in [3.8, 4) is 23.0 Å². The van der Waals surface area contributed by atoms with Crippen LogP contribution in [0.2, 0.25) is 0 Å². The summed E-state index contributed by atoms with van der Waals surface area (Å²) in [6.07, 6.45) is 0.632. The molecule has 2 aromatic carbocycles. The smallest absolute Gasteiger partial charge is 0.206 e. The zero-order valence-corrected chi connectivity index (χ0v) is 14.6. The van der Waals surface area contributed by atoms with Gasteiger partial charge in [0, 0.05) is 11.6 Å². The number of furan rings is 1. The summed E-state index contributed by atoms with van der Waals surface area (Å²) in [6.45, 7) is 0.0123. The van der Waals surface area contributed by atoms with E-state index in [4.69, 9.17) is 23.4 Å². The molecule has 7 nitrogen and oxygen atoms in total. The average molecular weight is 368 g/mol. The van der Waals surface area contributed by atoms with Crippen LogP contribution >= 0.6 is 0 Å². The first kappa shape index (κ1) is 16.0. The molecule has 0 radical (unpaired) electrons. The van der Waals surface area contributed by atoms with E-state index in [1.807, 2.05) is 0 Å². The van der Waals surface area contributed by atoms with Gasteiger partial charge in [-0.25, -0.2) is 0 Å². The van der Waals surface area contributed by atoms with E-state index in [0.717, 1.165) is 0 Å². The summed E-state index contributed by atoms with van der Waals surface area (Å²) in [5.74, 6) is 1.14. The van der Waals surface area contributed by atoms with E-state index in [-0.39, 0.29) is 6.61 Å². The molecule has 0 saturated heterocycles. The number of methoxy groups -OCH3 is 2. The number of ketones is 1. The van der Waals surface area contributed by atoms with Crippen molar-refractivity contribution >= 4 is 16.8 Å². The van der Waals surface area contributed by atoms with Crippen molar-refractivity contribution in [1.29, 1.82) is 0 Å². The summed E-state index contributed by atoms with van der Waals surface area (Å²) >= 11 is 0. The van der Waals surface area contributed by atoms with Crippen molar-refractivity contribution < 1.29 is 33.3 Å². The van der Waals surface area contributed by atoms with Crippen LogP contribution in [0.3, 0.4) is 0 Å². The SMILES string of the molecule is COc1cc2c(cc1OC)[C@@]1(O)C(=O)c3ccc4occc4c3O[C@H]1CO2. The largest absolute Gasteiger partial charge is 0.493 e. The highest BCUT2D eigenvalue weighted by Gasteiger charge is 2.56. The highest BCUT2D eigenvalue weighted by atomic mass is 16.6. The Hall–Kier alpha value is -3.19. The topological polar surface area (TPSA) is 87.4 Å². The molecule has 3 heterocycles. The molecule has 1 aromatic heterocycles. The standard InChI is InChI=1S/C20H16O7/c1-23-15-7-12-14(8-16(15)24-2)26-9-17-20(12,22)19(21)11-3-4-13-10(5-6-25-13)18(11)27-17/h3-8,17,22H,9H2,1-2H3/t17-,20-/m0/s1. The van der Waals surface area contributed by atoms with Crippen LogP contribution in [-0.4, -0.2) is 37.8 Å². The Morgan fingerprint density at radius 2 is 1.93 bits per heavy atom. The van der Waals surface area contributed by atoms with Gasteiger partial charge in [-0.05, 0) is 24.3 Å². The van der Waals surface area contributed by atoms with Crippen molar-refractivity contribution in [1.82, 2.24) is 0 Å². The van der Waals surface area contributed by atoms with Gasteiger partial charge in [-0.3, -0.25) is 4.79 Å². The monoisotopic (exact) mass is 368 g/mol. The van der Waals surface area contributed by atoms with E-state index in [9.17, 15) is 9.90 Å². The van der Waals surface area contributed by atoms with Crippen LogP contribution in [0, 0.1) is 0 Å². The van der Waals surface area contributed by atoms with Crippen molar-refractivity contribution in [3.63, 3.8) is 0 Å². The molecule has 0 unspecified atom stereocenters. The normalized spacial score (nSPS) is 22.9. The van der Waals surface area contributed by atoms with Gasteiger partial charge in [0.25, 0.3) is 0 Å². The summed E-state index contributed by atoms with van der Waals surface area (Å²) < 4.78 is 27.8. The first-order chi connectivity index (χ1) is 13.1. The van der Waals surface area contributed by atoms with Gasteiger partial charge in [-0.2, -0.15) is 0 Å². The van der Waals surface area contributed by atoms with Crippen LogP contribution < -0.4 is 18.9 Å². The molecule has 0 bridgehead atoms. The Bertz CT molecular complexity index is 1080. The molecule has 2 aliphatic rings. The number of carbonyl (C=O) groups is 1. The molecule has 27 heavy (non-hydrogen) atoms. The molecule has 7 heteroatoms. The Labute approximate surface area is 154 Å². The van der Waals surface area contributed by atoms with E-state index in [0.29, 0.717) is 45.1 Å². The maximum Gasteiger partial charge on any atom is 0.206 e. The van der Waals surface area contributed by atoms with E-state index < -0.39 is 17.5 Å². The van der Waals surface area contributed by atoms with E-state index in [2.05, 4.69) is 0 Å². The minimum absolute atomic E-state index is 0.0123. The fraction of sp³-hybridized carbons (Fsp3) is 0.250. The molecular weight excluding hydrogens is 352 g/mol. The second kappa shape index (κ2) is 5.40. The minimum Gasteiger partial charge on any atom is -0.493 e. The Morgan fingerprint density at radius 1 is 1.15 bits per heavy atom. The van der Waals surface area contributed by atoms with E-state index in [1.54, 1.807) is 30.3 Å². The number of fused-ring (bicyclic) bond motifs is 6. The molecule has 0 amide bonds. The van der Waals surface area contributed by atoms with Gasteiger partial charge >= 0.3 is 0 Å². The molecule has 0 spiro atoms. The zero-order chi connectivity index (χ0) is 18.8. The van der Waals surface area contributed by atoms with Crippen LogP contribution in [0.15, 0.2) is 41.0 Å². The van der Waals surface area contributed by atoms with Gasteiger partial charge in [-0.15, -0.1) is 0 Å². The van der Waals surface area contributed by atoms with Crippen molar-refractivity contribution in [2.24, 2.45) is 0 Å². The number of aliphatic hydroxyl groups is 1. The summed E-state index contributed by atoms with van der Waals surface area (Å²) in [6, 6.07) is 8.19. The number of ether oxygens (including phenoxy) is 4. The molecule has 0 fully saturated rings. The van der Waals surface area contributed by atoms with Gasteiger partial charge < -0.3 is 28.5 Å². The predicted octanol–water partition coefficient (Wildman–Crippen LogP) is 2.67. The molecule has 2 aliphatic heterocycles. The number of benzene rings is 2. The highest BCUT2D eigenvalue weighted by molar-refractivity contribution is 6.10. The molecule has 1 N–H and O–H groups in total. The maximum atomic E-state index is 13.4. The first-order valence-corrected chi connectivity index (χ1v) is 8.41. The predicted molar refractivity (Wildman–Crippen MR) is 93.9 cm³/mol. The number of Topliss-reactive ketones (excluding diaryl/α,β-unsaturated/α-hetero) is 1. The van der Waals surface area contributed by atoms with Gasteiger partial charge in [0.2, 0.25) is 5.78 Å². The van der Waals surface area contributed by atoms with E-state index >= 15 is 0 Å². The first-order valence-electron chi connectivity index (χ1n) is 8.41. The fourth-order valence-corrected chi connectivity index (χ4v) is 3.80. The Kier molecular flexibility index (Phi) is 3.21. The number of hydrogen-bond acceptors (Lipinski definition) is 7.